The van der Waals surface area contributed by atoms with E-state index >= 15 is 0 Å². The molecule has 0 aliphatic heterocycles. The van der Waals surface area contributed by atoms with Crippen LogP contribution in [0.4, 0.5) is 0 Å². The fourth-order valence-corrected chi connectivity index (χ4v) is 2.48. The van der Waals surface area contributed by atoms with Gasteiger partial charge in [0.25, 0.3) is 0 Å². The lowest BCUT2D eigenvalue weighted by Gasteiger charge is -2.20. The summed E-state index contributed by atoms with van der Waals surface area (Å²) in [5.74, 6) is 1.76. The second-order valence-corrected chi connectivity index (χ2v) is 5.66. The molecule has 1 aromatic rings. The minimum atomic E-state index is 0.466. The van der Waals surface area contributed by atoms with Crippen LogP contribution in [0.25, 0.3) is 0 Å². The number of rotatable bonds is 8. The van der Waals surface area contributed by atoms with E-state index in [9.17, 15) is 0 Å². The Kier molecular flexibility index (Phi) is 6.93. The second kappa shape index (κ2) is 8.21. The first-order valence-electron chi connectivity index (χ1n) is 7.46. The molecule has 0 spiro atoms. The van der Waals surface area contributed by atoms with E-state index < -0.39 is 0 Å². The van der Waals surface area contributed by atoms with Gasteiger partial charge in [-0.15, -0.1) is 0 Å². The Morgan fingerprint density at radius 3 is 2.47 bits per heavy atom. The first-order valence-corrected chi connectivity index (χ1v) is 7.46. The van der Waals surface area contributed by atoms with Crippen LogP contribution >= 0.6 is 0 Å². The Bertz CT molecular complexity index is 374. The average molecular weight is 263 g/mol. The highest BCUT2D eigenvalue weighted by Gasteiger charge is 2.11. The Morgan fingerprint density at radius 1 is 1.21 bits per heavy atom. The summed E-state index contributed by atoms with van der Waals surface area (Å²) in [5.41, 5.74) is 2.59. The molecule has 0 aliphatic carbocycles. The predicted octanol–water partition coefficient (Wildman–Crippen LogP) is 4.48. The largest absolute Gasteiger partial charge is 0.496 e. The molecule has 0 aromatic heterocycles. The minimum Gasteiger partial charge on any atom is -0.496 e. The van der Waals surface area contributed by atoms with Gasteiger partial charge < -0.3 is 10.1 Å². The van der Waals surface area contributed by atoms with Gasteiger partial charge in [-0.2, -0.15) is 0 Å². The number of methoxy groups -OCH3 is 1. The molecule has 108 valence electrons. The summed E-state index contributed by atoms with van der Waals surface area (Å²) in [7, 11) is 1.73. The van der Waals surface area contributed by atoms with Crippen molar-refractivity contribution >= 4 is 0 Å². The van der Waals surface area contributed by atoms with Crippen LogP contribution in [0, 0.1) is 12.8 Å². The topological polar surface area (TPSA) is 21.3 Å². The summed E-state index contributed by atoms with van der Waals surface area (Å²) in [5, 5.41) is 3.60. The van der Waals surface area contributed by atoms with Crippen molar-refractivity contribution in [1.82, 2.24) is 5.32 Å². The molecule has 1 unspecified atom stereocenters. The van der Waals surface area contributed by atoms with Crippen LogP contribution in [-0.2, 0) is 0 Å². The monoisotopic (exact) mass is 263 g/mol. The third kappa shape index (κ3) is 5.23. The van der Waals surface area contributed by atoms with Gasteiger partial charge in [-0.05, 0) is 43.0 Å². The summed E-state index contributed by atoms with van der Waals surface area (Å²) < 4.78 is 5.33. The third-order valence-corrected chi connectivity index (χ3v) is 3.55. The molecule has 0 saturated heterocycles. The lowest BCUT2D eigenvalue weighted by Crippen LogP contribution is -2.21. The van der Waals surface area contributed by atoms with Crippen molar-refractivity contribution in [3.8, 4) is 5.75 Å². The van der Waals surface area contributed by atoms with Gasteiger partial charge in [-0.3, -0.25) is 0 Å². The second-order valence-electron chi connectivity index (χ2n) is 5.66. The standard InChI is InChI=1S/C17H29NO/c1-6-18-16(9-7-8-13(2)3)15-10-11-17(19-5)14(4)12-15/h10-13,16,18H,6-9H2,1-5H3. The van der Waals surface area contributed by atoms with Crippen molar-refractivity contribution in [2.45, 2.75) is 53.0 Å². The van der Waals surface area contributed by atoms with E-state index in [1.54, 1.807) is 7.11 Å². The Labute approximate surface area is 118 Å². The Hall–Kier alpha value is -1.02. The highest BCUT2D eigenvalue weighted by Crippen LogP contribution is 2.26. The summed E-state index contributed by atoms with van der Waals surface area (Å²) >= 11 is 0. The molecule has 1 aromatic carbocycles. The van der Waals surface area contributed by atoms with Gasteiger partial charge in [-0.1, -0.05) is 45.7 Å². The van der Waals surface area contributed by atoms with E-state index in [2.05, 4.69) is 51.2 Å². The smallest absolute Gasteiger partial charge is 0.121 e. The molecule has 1 rings (SSSR count). The molecule has 0 heterocycles. The molecule has 1 atom stereocenters. The van der Waals surface area contributed by atoms with Crippen molar-refractivity contribution in [3.05, 3.63) is 29.3 Å². The van der Waals surface area contributed by atoms with E-state index in [-0.39, 0.29) is 0 Å². The van der Waals surface area contributed by atoms with Gasteiger partial charge in [0, 0.05) is 6.04 Å². The van der Waals surface area contributed by atoms with Gasteiger partial charge >= 0.3 is 0 Å². The van der Waals surface area contributed by atoms with Crippen LogP contribution in [0.2, 0.25) is 0 Å². The van der Waals surface area contributed by atoms with Crippen molar-refractivity contribution < 1.29 is 4.74 Å². The summed E-state index contributed by atoms with van der Waals surface area (Å²) in [4.78, 5) is 0. The Morgan fingerprint density at radius 2 is 1.95 bits per heavy atom. The van der Waals surface area contributed by atoms with Crippen LogP contribution in [0.5, 0.6) is 5.75 Å². The highest BCUT2D eigenvalue weighted by atomic mass is 16.5. The summed E-state index contributed by atoms with van der Waals surface area (Å²) in [6.07, 6.45) is 3.79. The van der Waals surface area contributed by atoms with Crippen molar-refractivity contribution in [1.29, 1.82) is 0 Å². The zero-order chi connectivity index (χ0) is 14.3. The molecule has 0 bridgehead atoms. The predicted molar refractivity (Wildman–Crippen MR) is 82.8 cm³/mol. The fourth-order valence-electron chi connectivity index (χ4n) is 2.48. The summed E-state index contributed by atoms with van der Waals surface area (Å²) in [6, 6.07) is 6.99. The molecule has 0 amide bonds. The lowest BCUT2D eigenvalue weighted by atomic mass is 9.96. The molecule has 2 nitrogen and oxygen atoms in total. The number of ether oxygens (including phenoxy) is 1. The number of aryl methyl sites for hydroxylation is 1. The van der Waals surface area contributed by atoms with Crippen molar-refractivity contribution in [3.63, 3.8) is 0 Å². The first-order chi connectivity index (χ1) is 9.08. The van der Waals surface area contributed by atoms with Crippen molar-refractivity contribution in [2.24, 2.45) is 5.92 Å². The molecule has 0 fully saturated rings. The number of hydrogen-bond donors (Lipinski definition) is 1. The van der Waals surface area contributed by atoms with Gasteiger partial charge in [0.2, 0.25) is 0 Å². The highest BCUT2D eigenvalue weighted by molar-refractivity contribution is 5.37. The zero-order valence-electron chi connectivity index (χ0n) is 13.1. The van der Waals surface area contributed by atoms with E-state index in [0.29, 0.717) is 6.04 Å². The normalized spacial score (nSPS) is 12.7. The first kappa shape index (κ1) is 16.0. The van der Waals surface area contributed by atoms with Crippen LogP contribution in [0.1, 0.15) is 57.2 Å². The average Bonchev–Trinajstić information content (AvgIpc) is 2.37. The van der Waals surface area contributed by atoms with E-state index in [1.165, 1.54) is 30.4 Å². The molecule has 2 heteroatoms. The fraction of sp³-hybridized carbons (Fsp3) is 0.647. The molecule has 0 aliphatic rings. The third-order valence-electron chi connectivity index (χ3n) is 3.55. The maximum atomic E-state index is 5.33. The SMILES string of the molecule is CCNC(CCCC(C)C)c1ccc(OC)c(C)c1. The molecule has 0 saturated carbocycles. The van der Waals surface area contributed by atoms with Gasteiger partial charge in [0.1, 0.15) is 5.75 Å². The van der Waals surface area contributed by atoms with E-state index in [4.69, 9.17) is 4.74 Å². The van der Waals surface area contributed by atoms with E-state index in [1.807, 2.05) is 0 Å². The molecular formula is C17H29NO. The number of hydrogen-bond acceptors (Lipinski definition) is 2. The Balaban J connectivity index is 2.71. The number of benzene rings is 1. The molecular weight excluding hydrogens is 234 g/mol. The van der Waals surface area contributed by atoms with Crippen LogP contribution in [-0.4, -0.2) is 13.7 Å². The van der Waals surface area contributed by atoms with Crippen molar-refractivity contribution in [2.75, 3.05) is 13.7 Å². The van der Waals surface area contributed by atoms with Gasteiger partial charge in [0.05, 0.1) is 7.11 Å². The van der Waals surface area contributed by atoms with E-state index in [0.717, 1.165) is 18.2 Å². The van der Waals surface area contributed by atoms with Gasteiger partial charge in [-0.25, -0.2) is 0 Å². The number of nitrogens with one attached hydrogen (secondary N) is 1. The van der Waals surface area contributed by atoms with Crippen LogP contribution in [0.15, 0.2) is 18.2 Å². The zero-order valence-corrected chi connectivity index (χ0v) is 13.1. The maximum Gasteiger partial charge on any atom is 0.121 e. The maximum absolute atomic E-state index is 5.33. The van der Waals surface area contributed by atoms with Gasteiger partial charge in [0.15, 0.2) is 0 Å². The lowest BCUT2D eigenvalue weighted by molar-refractivity contribution is 0.410. The molecule has 19 heavy (non-hydrogen) atoms. The molecule has 0 radical (unpaired) electrons. The summed E-state index contributed by atoms with van der Waals surface area (Å²) in [6.45, 7) is 9.88. The van der Waals surface area contributed by atoms with Crippen LogP contribution < -0.4 is 10.1 Å². The van der Waals surface area contributed by atoms with Crippen LogP contribution in [0.3, 0.4) is 0 Å². The molecule has 1 N–H and O–H groups in total. The minimum absolute atomic E-state index is 0.466. The quantitative estimate of drug-likeness (QED) is 0.746.